The summed E-state index contributed by atoms with van der Waals surface area (Å²) in [5.41, 5.74) is 0. The molecular weight excluding hydrogens is 182 g/mol. The summed E-state index contributed by atoms with van der Waals surface area (Å²) in [7, 11) is 0. The van der Waals surface area contributed by atoms with Gasteiger partial charge in [-0.1, -0.05) is 19.8 Å². The molecule has 2 rings (SSSR count). The number of likely N-dealkylation sites (tertiary alicyclic amines) is 1. The summed E-state index contributed by atoms with van der Waals surface area (Å²) >= 11 is 6.20. The summed E-state index contributed by atoms with van der Waals surface area (Å²) in [6, 6.07) is 0. The molecule has 1 nitrogen and oxygen atoms in total. The van der Waals surface area contributed by atoms with Crippen molar-refractivity contribution >= 4 is 11.6 Å². The molecule has 76 valence electrons. The van der Waals surface area contributed by atoms with Crippen molar-refractivity contribution in [2.75, 3.05) is 19.6 Å². The topological polar surface area (TPSA) is 3.24 Å². The van der Waals surface area contributed by atoms with Gasteiger partial charge in [0.25, 0.3) is 0 Å². The lowest BCUT2D eigenvalue weighted by molar-refractivity contribution is 0.183. The molecule has 2 aliphatic rings. The highest BCUT2D eigenvalue weighted by atomic mass is 35.5. The van der Waals surface area contributed by atoms with Crippen LogP contribution in [0.2, 0.25) is 0 Å². The number of halogens is 1. The molecule has 2 fully saturated rings. The Morgan fingerprint density at radius 1 is 1.31 bits per heavy atom. The molecule has 2 unspecified atom stereocenters. The first-order valence-electron chi connectivity index (χ1n) is 5.60. The van der Waals surface area contributed by atoms with Crippen LogP contribution in [0.5, 0.6) is 0 Å². The largest absolute Gasteiger partial charge is 0.302 e. The molecule has 2 atom stereocenters. The van der Waals surface area contributed by atoms with Crippen LogP contribution in [-0.4, -0.2) is 29.9 Å². The second-order valence-electron chi connectivity index (χ2n) is 4.93. The Kier molecular flexibility index (Phi) is 3.15. The lowest BCUT2D eigenvalue weighted by Gasteiger charge is -2.33. The van der Waals surface area contributed by atoms with Crippen molar-refractivity contribution in [3.8, 4) is 0 Å². The van der Waals surface area contributed by atoms with Gasteiger partial charge in [-0.2, -0.15) is 0 Å². The van der Waals surface area contributed by atoms with Crippen LogP contribution in [-0.2, 0) is 0 Å². The Labute approximate surface area is 86.4 Å². The van der Waals surface area contributed by atoms with Gasteiger partial charge in [0.1, 0.15) is 0 Å². The SMILES string of the molecule is CC1CC(Cl)CN(CCC2CC2)C1. The minimum atomic E-state index is 0.406. The highest BCUT2D eigenvalue weighted by molar-refractivity contribution is 6.20. The second kappa shape index (κ2) is 4.18. The van der Waals surface area contributed by atoms with E-state index >= 15 is 0 Å². The fourth-order valence-corrected chi connectivity index (χ4v) is 2.83. The summed E-state index contributed by atoms with van der Waals surface area (Å²) < 4.78 is 0. The van der Waals surface area contributed by atoms with E-state index in [4.69, 9.17) is 11.6 Å². The summed E-state index contributed by atoms with van der Waals surface area (Å²) in [5.74, 6) is 1.86. The van der Waals surface area contributed by atoms with Gasteiger partial charge in [-0.25, -0.2) is 0 Å². The van der Waals surface area contributed by atoms with E-state index in [2.05, 4.69) is 11.8 Å². The van der Waals surface area contributed by atoms with Gasteiger partial charge >= 0.3 is 0 Å². The Bertz CT molecular complexity index is 157. The average molecular weight is 202 g/mol. The number of hydrogen-bond acceptors (Lipinski definition) is 1. The second-order valence-corrected chi connectivity index (χ2v) is 5.55. The molecule has 1 saturated carbocycles. The summed E-state index contributed by atoms with van der Waals surface area (Å²) in [6.45, 7) is 6.01. The molecule has 1 heterocycles. The van der Waals surface area contributed by atoms with Crippen LogP contribution in [0.25, 0.3) is 0 Å². The van der Waals surface area contributed by atoms with Crippen LogP contribution in [0, 0.1) is 11.8 Å². The fraction of sp³-hybridized carbons (Fsp3) is 1.00. The van der Waals surface area contributed by atoms with E-state index in [1.54, 1.807) is 0 Å². The number of alkyl halides is 1. The quantitative estimate of drug-likeness (QED) is 0.635. The normalized spacial score (nSPS) is 36.5. The smallest absolute Gasteiger partial charge is 0.0466 e. The van der Waals surface area contributed by atoms with E-state index in [1.165, 1.54) is 38.8 Å². The van der Waals surface area contributed by atoms with Crippen LogP contribution < -0.4 is 0 Å². The number of piperidine rings is 1. The van der Waals surface area contributed by atoms with Gasteiger partial charge in [-0.3, -0.25) is 0 Å². The van der Waals surface area contributed by atoms with Gasteiger partial charge in [-0.15, -0.1) is 11.6 Å². The molecule has 0 aromatic rings. The van der Waals surface area contributed by atoms with E-state index in [-0.39, 0.29) is 0 Å². The maximum absolute atomic E-state index is 6.20. The minimum absolute atomic E-state index is 0.406. The predicted octanol–water partition coefficient (Wildman–Crippen LogP) is 2.74. The maximum atomic E-state index is 6.20. The van der Waals surface area contributed by atoms with Crippen LogP contribution in [0.1, 0.15) is 32.6 Å². The predicted molar refractivity (Wildman–Crippen MR) is 57.2 cm³/mol. The van der Waals surface area contributed by atoms with Crippen molar-refractivity contribution in [3.63, 3.8) is 0 Å². The molecule has 2 heteroatoms. The van der Waals surface area contributed by atoms with Crippen LogP contribution in [0.4, 0.5) is 0 Å². The Hall–Kier alpha value is 0.250. The first-order valence-corrected chi connectivity index (χ1v) is 6.04. The molecule has 0 amide bonds. The van der Waals surface area contributed by atoms with Gasteiger partial charge in [0.05, 0.1) is 0 Å². The highest BCUT2D eigenvalue weighted by Crippen LogP contribution is 2.33. The van der Waals surface area contributed by atoms with Crippen molar-refractivity contribution in [3.05, 3.63) is 0 Å². The lowest BCUT2D eigenvalue weighted by atomic mass is 9.99. The molecule has 0 aromatic heterocycles. The number of hydrogen-bond donors (Lipinski definition) is 0. The van der Waals surface area contributed by atoms with Crippen molar-refractivity contribution < 1.29 is 0 Å². The summed E-state index contributed by atoms with van der Waals surface area (Å²) in [6.07, 6.45) is 5.58. The van der Waals surface area contributed by atoms with Crippen molar-refractivity contribution in [1.29, 1.82) is 0 Å². The highest BCUT2D eigenvalue weighted by Gasteiger charge is 2.26. The standard InChI is InChI=1S/C11H20ClN/c1-9-6-11(12)8-13(7-9)5-4-10-2-3-10/h9-11H,2-8H2,1H3. The number of rotatable bonds is 3. The van der Waals surface area contributed by atoms with Crippen molar-refractivity contribution in [1.82, 2.24) is 4.90 Å². The van der Waals surface area contributed by atoms with Crippen molar-refractivity contribution in [2.45, 2.75) is 38.0 Å². The van der Waals surface area contributed by atoms with Gasteiger partial charge < -0.3 is 4.90 Å². The molecule has 1 saturated heterocycles. The fourth-order valence-electron chi connectivity index (χ4n) is 2.34. The minimum Gasteiger partial charge on any atom is -0.302 e. The lowest BCUT2D eigenvalue weighted by Crippen LogP contribution is -2.40. The maximum Gasteiger partial charge on any atom is 0.0466 e. The van der Waals surface area contributed by atoms with Crippen LogP contribution in [0.15, 0.2) is 0 Å². The monoisotopic (exact) mass is 201 g/mol. The zero-order valence-electron chi connectivity index (χ0n) is 8.51. The van der Waals surface area contributed by atoms with Gasteiger partial charge in [-0.05, 0) is 31.2 Å². The Morgan fingerprint density at radius 3 is 2.69 bits per heavy atom. The van der Waals surface area contributed by atoms with E-state index in [0.717, 1.165) is 18.4 Å². The molecule has 0 N–H and O–H groups in total. The molecular formula is C11H20ClN. The summed E-state index contributed by atoms with van der Waals surface area (Å²) in [4.78, 5) is 2.56. The first-order chi connectivity index (χ1) is 6.24. The number of nitrogens with zero attached hydrogens (tertiary/aromatic N) is 1. The third-order valence-electron chi connectivity index (χ3n) is 3.23. The van der Waals surface area contributed by atoms with Crippen LogP contribution in [0.3, 0.4) is 0 Å². The van der Waals surface area contributed by atoms with Crippen LogP contribution >= 0.6 is 11.6 Å². The third-order valence-corrected chi connectivity index (χ3v) is 3.55. The van der Waals surface area contributed by atoms with E-state index < -0.39 is 0 Å². The van der Waals surface area contributed by atoms with Gasteiger partial charge in [0.2, 0.25) is 0 Å². The molecule has 0 bridgehead atoms. The first kappa shape index (κ1) is 9.79. The Morgan fingerprint density at radius 2 is 2.08 bits per heavy atom. The van der Waals surface area contributed by atoms with E-state index in [9.17, 15) is 0 Å². The Balaban J connectivity index is 1.70. The third kappa shape index (κ3) is 3.14. The molecule has 1 aliphatic heterocycles. The molecule has 1 aliphatic carbocycles. The zero-order valence-corrected chi connectivity index (χ0v) is 9.26. The van der Waals surface area contributed by atoms with Crippen molar-refractivity contribution in [2.24, 2.45) is 11.8 Å². The van der Waals surface area contributed by atoms with E-state index in [0.29, 0.717) is 5.38 Å². The van der Waals surface area contributed by atoms with Gasteiger partial charge in [0, 0.05) is 18.5 Å². The zero-order chi connectivity index (χ0) is 9.26. The molecule has 0 radical (unpaired) electrons. The molecule has 0 spiro atoms. The summed E-state index contributed by atoms with van der Waals surface area (Å²) in [5, 5.41) is 0.406. The molecule has 0 aromatic carbocycles. The van der Waals surface area contributed by atoms with Gasteiger partial charge in [0.15, 0.2) is 0 Å². The molecule has 13 heavy (non-hydrogen) atoms. The average Bonchev–Trinajstić information content (AvgIpc) is 2.81. The van der Waals surface area contributed by atoms with E-state index in [1.807, 2.05) is 0 Å².